The number of benzene rings is 1. The molecule has 20 heavy (non-hydrogen) atoms. The van der Waals surface area contributed by atoms with E-state index in [9.17, 15) is 0 Å². The highest BCUT2D eigenvalue weighted by Crippen LogP contribution is 2.21. The summed E-state index contributed by atoms with van der Waals surface area (Å²) in [6.07, 6.45) is 4.52. The van der Waals surface area contributed by atoms with Crippen LogP contribution in [0.25, 0.3) is 10.9 Å². The Labute approximate surface area is 121 Å². The minimum Gasteiger partial charge on any atom is -0.369 e. The SMILES string of the molecule is Clc1nc(NCCc2cccnc2)c2ccccc2n1. The smallest absolute Gasteiger partial charge is 0.224 e. The first-order valence-electron chi connectivity index (χ1n) is 6.38. The number of para-hydroxylation sites is 1. The first kappa shape index (κ1) is 12.8. The third-order valence-electron chi connectivity index (χ3n) is 3.00. The molecule has 0 radical (unpaired) electrons. The Balaban J connectivity index is 1.77. The van der Waals surface area contributed by atoms with Gasteiger partial charge in [-0.3, -0.25) is 4.98 Å². The zero-order chi connectivity index (χ0) is 13.8. The van der Waals surface area contributed by atoms with Crippen LogP contribution in [0.2, 0.25) is 5.28 Å². The lowest BCUT2D eigenvalue weighted by atomic mass is 10.2. The molecule has 0 bridgehead atoms. The van der Waals surface area contributed by atoms with Crippen molar-refractivity contribution in [2.24, 2.45) is 0 Å². The molecule has 2 heterocycles. The van der Waals surface area contributed by atoms with Gasteiger partial charge in [-0.15, -0.1) is 0 Å². The zero-order valence-electron chi connectivity index (χ0n) is 10.8. The Morgan fingerprint density at radius 3 is 2.80 bits per heavy atom. The van der Waals surface area contributed by atoms with Crippen LogP contribution in [0.3, 0.4) is 0 Å². The van der Waals surface area contributed by atoms with Crippen LogP contribution < -0.4 is 5.32 Å². The standard InChI is InChI=1S/C15H13ClN4/c16-15-19-13-6-2-1-5-12(13)14(20-15)18-9-7-11-4-3-8-17-10-11/h1-6,8,10H,7,9H2,(H,18,19,20). The Hall–Kier alpha value is -2.20. The van der Waals surface area contributed by atoms with Crippen molar-refractivity contribution in [3.05, 3.63) is 59.6 Å². The molecule has 0 aliphatic rings. The van der Waals surface area contributed by atoms with Gasteiger partial charge in [0.25, 0.3) is 0 Å². The zero-order valence-corrected chi connectivity index (χ0v) is 11.5. The third kappa shape index (κ3) is 2.86. The lowest BCUT2D eigenvalue weighted by Gasteiger charge is -2.08. The molecule has 0 spiro atoms. The molecule has 3 rings (SSSR count). The van der Waals surface area contributed by atoms with Crippen LogP contribution in [-0.4, -0.2) is 21.5 Å². The fourth-order valence-corrected chi connectivity index (χ4v) is 2.23. The van der Waals surface area contributed by atoms with Crippen molar-refractivity contribution in [3.63, 3.8) is 0 Å². The van der Waals surface area contributed by atoms with Gasteiger partial charge in [0.2, 0.25) is 5.28 Å². The quantitative estimate of drug-likeness (QED) is 0.747. The van der Waals surface area contributed by atoms with Crippen molar-refractivity contribution in [2.45, 2.75) is 6.42 Å². The molecule has 0 fully saturated rings. The van der Waals surface area contributed by atoms with Gasteiger partial charge in [-0.1, -0.05) is 18.2 Å². The summed E-state index contributed by atoms with van der Waals surface area (Å²) in [5.74, 6) is 0.768. The number of rotatable bonds is 4. The van der Waals surface area contributed by atoms with Crippen molar-refractivity contribution in [3.8, 4) is 0 Å². The summed E-state index contributed by atoms with van der Waals surface area (Å²) in [5.41, 5.74) is 2.03. The monoisotopic (exact) mass is 284 g/mol. The first-order valence-corrected chi connectivity index (χ1v) is 6.76. The van der Waals surface area contributed by atoms with Crippen LogP contribution in [0.15, 0.2) is 48.8 Å². The van der Waals surface area contributed by atoms with Gasteiger partial charge in [0, 0.05) is 24.3 Å². The van der Waals surface area contributed by atoms with Crippen molar-refractivity contribution < 1.29 is 0 Å². The molecule has 2 aromatic heterocycles. The topological polar surface area (TPSA) is 50.7 Å². The van der Waals surface area contributed by atoms with E-state index in [1.165, 1.54) is 5.56 Å². The second-order valence-corrected chi connectivity index (χ2v) is 4.73. The van der Waals surface area contributed by atoms with Crippen LogP contribution in [0, 0.1) is 0 Å². The average molecular weight is 285 g/mol. The van der Waals surface area contributed by atoms with Crippen LogP contribution in [0.4, 0.5) is 5.82 Å². The number of fused-ring (bicyclic) bond motifs is 1. The molecule has 100 valence electrons. The van der Waals surface area contributed by atoms with Crippen LogP contribution in [0.5, 0.6) is 0 Å². The van der Waals surface area contributed by atoms with Gasteiger partial charge in [0.05, 0.1) is 5.52 Å². The number of pyridine rings is 1. The average Bonchev–Trinajstić information content (AvgIpc) is 2.48. The Kier molecular flexibility index (Phi) is 3.74. The Morgan fingerprint density at radius 1 is 1.05 bits per heavy atom. The molecule has 0 saturated carbocycles. The second-order valence-electron chi connectivity index (χ2n) is 4.40. The highest BCUT2D eigenvalue weighted by atomic mass is 35.5. The molecule has 1 aromatic carbocycles. The number of hydrogen-bond donors (Lipinski definition) is 1. The molecular weight excluding hydrogens is 272 g/mol. The van der Waals surface area contributed by atoms with E-state index in [0.717, 1.165) is 29.7 Å². The van der Waals surface area contributed by atoms with Gasteiger partial charge in [-0.25, -0.2) is 9.97 Å². The predicted molar refractivity (Wildman–Crippen MR) is 81.0 cm³/mol. The molecule has 1 N–H and O–H groups in total. The summed E-state index contributed by atoms with van der Waals surface area (Å²) in [5, 5.41) is 4.55. The molecular formula is C15H13ClN4. The summed E-state index contributed by atoms with van der Waals surface area (Å²) < 4.78 is 0. The number of nitrogens with zero attached hydrogens (tertiary/aromatic N) is 3. The van der Waals surface area contributed by atoms with Gasteiger partial charge < -0.3 is 5.32 Å². The van der Waals surface area contributed by atoms with Crippen LogP contribution in [0.1, 0.15) is 5.56 Å². The van der Waals surface area contributed by atoms with Gasteiger partial charge in [0.15, 0.2) is 0 Å². The van der Waals surface area contributed by atoms with E-state index in [2.05, 4.69) is 26.3 Å². The predicted octanol–water partition coefficient (Wildman–Crippen LogP) is 3.33. The molecule has 0 aliphatic heterocycles. The summed E-state index contributed by atoms with van der Waals surface area (Å²) in [6, 6.07) is 11.8. The van der Waals surface area contributed by atoms with Gasteiger partial charge in [-0.2, -0.15) is 0 Å². The molecule has 0 aliphatic carbocycles. The third-order valence-corrected chi connectivity index (χ3v) is 3.17. The van der Waals surface area contributed by atoms with Crippen LogP contribution >= 0.6 is 11.6 Å². The van der Waals surface area contributed by atoms with E-state index in [1.54, 1.807) is 6.20 Å². The van der Waals surface area contributed by atoms with E-state index in [0.29, 0.717) is 0 Å². The minimum absolute atomic E-state index is 0.257. The molecule has 0 saturated heterocycles. The van der Waals surface area contributed by atoms with E-state index in [4.69, 9.17) is 11.6 Å². The van der Waals surface area contributed by atoms with E-state index < -0.39 is 0 Å². The number of nitrogens with one attached hydrogen (secondary N) is 1. The van der Waals surface area contributed by atoms with E-state index >= 15 is 0 Å². The molecule has 5 heteroatoms. The van der Waals surface area contributed by atoms with Gasteiger partial charge >= 0.3 is 0 Å². The maximum Gasteiger partial charge on any atom is 0.224 e. The van der Waals surface area contributed by atoms with Crippen molar-refractivity contribution in [1.82, 2.24) is 15.0 Å². The number of aromatic nitrogens is 3. The molecule has 0 unspecified atom stereocenters. The molecule has 4 nitrogen and oxygen atoms in total. The summed E-state index contributed by atoms with van der Waals surface area (Å²) >= 11 is 5.95. The maximum absolute atomic E-state index is 5.95. The first-order chi connectivity index (χ1) is 9.83. The van der Waals surface area contributed by atoms with Crippen molar-refractivity contribution in [1.29, 1.82) is 0 Å². The summed E-state index contributed by atoms with van der Waals surface area (Å²) in [6.45, 7) is 0.767. The van der Waals surface area contributed by atoms with Gasteiger partial charge in [-0.05, 0) is 41.8 Å². The maximum atomic E-state index is 5.95. The molecule has 3 aromatic rings. The second kappa shape index (κ2) is 5.84. The Bertz CT molecular complexity index is 715. The van der Waals surface area contributed by atoms with E-state index in [-0.39, 0.29) is 5.28 Å². The summed E-state index contributed by atoms with van der Waals surface area (Å²) in [7, 11) is 0. The van der Waals surface area contributed by atoms with Gasteiger partial charge in [0.1, 0.15) is 5.82 Å². The highest BCUT2D eigenvalue weighted by molar-refractivity contribution is 6.28. The van der Waals surface area contributed by atoms with Crippen molar-refractivity contribution in [2.75, 3.05) is 11.9 Å². The largest absolute Gasteiger partial charge is 0.369 e. The summed E-state index contributed by atoms with van der Waals surface area (Å²) in [4.78, 5) is 12.6. The number of hydrogen-bond acceptors (Lipinski definition) is 4. The highest BCUT2D eigenvalue weighted by Gasteiger charge is 2.05. The minimum atomic E-state index is 0.257. The van der Waals surface area contributed by atoms with Crippen LogP contribution in [-0.2, 0) is 6.42 Å². The normalized spacial score (nSPS) is 10.7. The van der Waals surface area contributed by atoms with E-state index in [1.807, 2.05) is 36.5 Å². The number of halogens is 1. The number of anilines is 1. The Morgan fingerprint density at radius 2 is 1.95 bits per heavy atom. The lowest BCUT2D eigenvalue weighted by molar-refractivity contribution is 0.994. The molecule has 0 atom stereocenters. The molecule has 0 amide bonds. The van der Waals surface area contributed by atoms with Crippen molar-refractivity contribution >= 4 is 28.3 Å². The fourth-order valence-electron chi connectivity index (χ4n) is 2.05. The fraction of sp³-hybridized carbons (Fsp3) is 0.133. The lowest BCUT2D eigenvalue weighted by Crippen LogP contribution is -2.07.